The molecule has 3 aromatic carbocycles. The summed E-state index contributed by atoms with van der Waals surface area (Å²) in [5.41, 5.74) is 0.639. The molecule has 0 spiro atoms. The zero-order valence-corrected chi connectivity index (χ0v) is 16.0. The van der Waals surface area contributed by atoms with Gasteiger partial charge in [0.1, 0.15) is 5.69 Å². The normalized spacial score (nSPS) is 10.4. The van der Waals surface area contributed by atoms with Gasteiger partial charge in [-0.15, -0.1) is 0 Å². The molecule has 0 fully saturated rings. The Morgan fingerprint density at radius 2 is 1.72 bits per heavy atom. The molecule has 0 saturated heterocycles. The molecule has 0 saturated carbocycles. The summed E-state index contributed by atoms with van der Waals surface area (Å²) in [6.07, 6.45) is 0. The molecular formula is C21H20N4O4. The van der Waals surface area contributed by atoms with Crippen LogP contribution in [0.1, 0.15) is 10.4 Å². The second kappa shape index (κ2) is 8.39. The molecule has 0 bridgehead atoms. The molecule has 0 aliphatic carbocycles. The average molecular weight is 392 g/mol. The minimum atomic E-state index is -0.588. The van der Waals surface area contributed by atoms with Gasteiger partial charge in [0.25, 0.3) is 11.6 Å². The zero-order valence-electron chi connectivity index (χ0n) is 16.0. The standard InChI is InChI=1S/C21H20N4O4/c1-24(2)20(26)13-22-18-10-8-16(12-19(18)25(28)29)21(27)23-17-9-7-14-5-3-4-6-15(14)11-17/h3-12,22H,13H2,1-2H3,(H,23,27). The highest BCUT2D eigenvalue weighted by Gasteiger charge is 2.18. The van der Waals surface area contributed by atoms with Crippen LogP contribution in [-0.4, -0.2) is 42.3 Å². The lowest BCUT2D eigenvalue weighted by molar-refractivity contribution is -0.384. The maximum atomic E-state index is 12.6. The van der Waals surface area contributed by atoms with E-state index < -0.39 is 10.8 Å². The van der Waals surface area contributed by atoms with E-state index in [1.165, 1.54) is 23.1 Å². The fourth-order valence-corrected chi connectivity index (χ4v) is 2.77. The van der Waals surface area contributed by atoms with Crippen molar-refractivity contribution in [2.24, 2.45) is 0 Å². The predicted octanol–water partition coefficient (Wildman–Crippen LogP) is 3.50. The lowest BCUT2D eigenvalue weighted by Crippen LogP contribution is -2.28. The van der Waals surface area contributed by atoms with Crippen LogP contribution in [0.4, 0.5) is 17.1 Å². The quantitative estimate of drug-likeness (QED) is 0.493. The SMILES string of the molecule is CN(C)C(=O)CNc1ccc(C(=O)Nc2ccc3ccccc3c2)cc1[N+](=O)[O-]. The predicted molar refractivity (Wildman–Crippen MR) is 112 cm³/mol. The molecule has 148 valence electrons. The van der Waals surface area contributed by atoms with Crippen LogP contribution in [0.3, 0.4) is 0 Å². The molecule has 0 atom stereocenters. The lowest BCUT2D eigenvalue weighted by atomic mass is 10.1. The van der Waals surface area contributed by atoms with Crippen LogP contribution >= 0.6 is 0 Å². The molecule has 0 aromatic heterocycles. The number of likely N-dealkylation sites (N-methyl/N-ethyl adjacent to an activating group) is 1. The second-order valence-electron chi connectivity index (χ2n) is 6.65. The Morgan fingerprint density at radius 1 is 1.00 bits per heavy atom. The molecule has 3 aromatic rings. The van der Waals surface area contributed by atoms with Crippen LogP contribution in [0.25, 0.3) is 10.8 Å². The molecule has 8 nitrogen and oxygen atoms in total. The number of amides is 2. The minimum absolute atomic E-state index is 0.0868. The molecule has 3 rings (SSSR count). The van der Waals surface area contributed by atoms with Crippen molar-refractivity contribution in [2.75, 3.05) is 31.3 Å². The largest absolute Gasteiger partial charge is 0.371 e. The summed E-state index contributed by atoms with van der Waals surface area (Å²) in [4.78, 5) is 36.5. The second-order valence-corrected chi connectivity index (χ2v) is 6.65. The first kappa shape index (κ1) is 19.8. The molecule has 2 N–H and O–H groups in total. The topological polar surface area (TPSA) is 105 Å². The summed E-state index contributed by atoms with van der Waals surface area (Å²) >= 11 is 0. The van der Waals surface area contributed by atoms with Crippen molar-refractivity contribution in [1.29, 1.82) is 0 Å². The van der Waals surface area contributed by atoms with Gasteiger partial charge in [-0.25, -0.2) is 0 Å². The third-order valence-electron chi connectivity index (χ3n) is 4.39. The number of anilines is 2. The summed E-state index contributed by atoms with van der Waals surface area (Å²) in [6.45, 7) is -0.0868. The van der Waals surface area contributed by atoms with Crippen molar-refractivity contribution < 1.29 is 14.5 Å². The van der Waals surface area contributed by atoms with E-state index in [0.717, 1.165) is 10.8 Å². The average Bonchev–Trinajstić information content (AvgIpc) is 2.71. The Labute approximate surface area is 167 Å². The third-order valence-corrected chi connectivity index (χ3v) is 4.39. The molecule has 2 amide bonds. The van der Waals surface area contributed by atoms with Crippen LogP contribution in [0.2, 0.25) is 0 Å². The number of hydrogen-bond donors (Lipinski definition) is 2. The summed E-state index contributed by atoms with van der Waals surface area (Å²) < 4.78 is 0. The van der Waals surface area contributed by atoms with Gasteiger partial charge in [-0.2, -0.15) is 0 Å². The Hall–Kier alpha value is -3.94. The maximum absolute atomic E-state index is 12.6. The lowest BCUT2D eigenvalue weighted by Gasteiger charge is -2.12. The number of nitrogens with one attached hydrogen (secondary N) is 2. The molecule has 0 heterocycles. The molecule has 8 heteroatoms. The number of fused-ring (bicyclic) bond motifs is 1. The van der Waals surface area contributed by atoms with Crippen LogP contribution in [0, 0.1) is 10.1 Å². The number of hydrogen-bond acceptors (Lipinski definition) is 5. The highest BCUT2D eigenvalue weighted by molar-refractivity contribution is 6.06. The van der Waals surface area contributed by atoms with Gasteiger partial charge in [0.2, 0.25) is 5.91 Å². The van der Waals surface area contributed by atoms with Crippen LogP contribution < -0.4 is 10.6 Å². The Balaban J connectivity index is 1.80. The number of carbonyl (C=O) groups excluding carboxylic acids is 2. The molecule has 0 radical (unpaired) electrons. The van der Waals surface area contributed by atoms with Gasteiger partial charge in [-0.05, 0) is 35.0 Å². The van der Waals surface area contributed by atoms with Gasteiger partial charge >= 0.3 is 0 Å². The molecule has 0 aliphatic heterocycles. The third kappa shape index (κ3) is 4.67. The van der Waals surface area contributed by atoms with E-state index >= 15 is 0 Å². The van der Waals surface area contributed by atoms with Crippen molar-refractivity contribution in [3.8, 4) is 0 Å². The summed E-state index contributed by atoms with van der Waals surface area (Å²) in [5, 5.41) is 18.9. The highest BCUT2D eigenvalue weighted by atomic mass is 16.6. The summed E-state index contributed by atoms with van der Waals surface area (Å²) in [7, 11) is 3.19. The van der Waals surface area contributed by atoms with Crippen molar-refractivity contribution in [2.45, 2.75) is 0 Å². The monoisotopic (exact) mass is 392 g/mol. The molecule has 0 aliphatic rings. The van der Waals surface area contributed by atoms with Crippen LogP contribution in [-0.2, 0) is 4.79 Å². The van der Waals surface area contributed by atoms with E-state index in [4.69, 9.17) is 0 Å². The van der Waals surface area contributed by atoms with E-state index in [9.17, 15) is 19.7 Å². The maximum Gasteiger partial charge on any atom is 0.293 e. The zero-order chi connectivity index (χ0) is 21.0. The van der Waals surface area contributed by atoms with Crippen molar-refractivity contribution in [3.63, 3.8) is 0 Å². The summed E-state index contributed by atoms with van der Waals surface area (Å²) in [6, 6.07) is 17.3. The fourth-order valence-electron chi connectivity index (χ4n) is 2.77. The number of nitrogens with zero attached hydrogens (tertiary/aromatic N) is 2. The number of rotatable bonds is 6. The number of carbonyl (C=O) groups is 2. The van der Waals surface area contributed by atoms with Crippen molar-refractivity contribution in [3.05, 3.63) is 76.3 Å². The first-order valence-electron chi connectivity index (χ1n) is 8.88. The van der Waals surface area contributed by atoms with Gasteiger partial charge in [0, 0.05) is 31.4 Å². The van der Waals surface area contributed by atoms with Crippen LogP contribution in [0.5, 0.6) is 0 Å². The number of benzene rings is 3. The van der Waals surface area contributed by atoms with E-state index in [2.05, 4.69) is 10.6 Å². The van der Waals surface area contributed by atoms with Crippen molar-refractivity contribution in [1.82, 2.24) is 4.90 Å². The van der Waals surface area contributed by atoms with Crippen molar-refractivity contribution >= 4 is 39.6 Å². The van der Waals surface area contributed by atoms with E-state index in [0.29, 0.717) is 5.69 Å². The molecular weight excluding hydrogens is 372 g/mol. The Bertz CT molecular complexity index is 1090. The van der Waals surface area contributed by atoms with E-state index in [1.54, 1.807) is 20.2 Å². The minimum Gasteiger partial charge on any atom is -0.371 e. The van der Waals surface area contributed by atoms with Gasteiger partial charge in [0.05, 0.1) is 11.5 Å². The number of nitro groups is 1. The van der Waals surface area contributed by atoms with Gasteiger partial charge in [-0.3, -0.25) is 19.7 Å². The van der Waals surface area contributed by atoms with Gasteiger partial charge in [0.15, 0.2) is 0 Å². The first-order chi connectivity index (χ1) is 13.8. The molecule has 29 heavy (non-hydrogen) atoms. The Morgan fingerprint density at radius 3 is 2.41 bits per heavy atom. The molecule has 0 unspecified atom stereocenters. The number of nitro benzene ring substituents is 1. The van der Waals surface area contributed by atoms with Crippen LogP contribution in [0.15, 0.2) is 60.7 Å². The smallest absolute Gasteiger partial charge is 0.293 e. The first-order valence-corrected chi connectivity index (χ1v) is 8.88. The van der Waals surface area contributed by atoms with Gasteiger partial charge in [-0.1, -0.05) is 30.3 Å². The van der Waals surface area contributed by atoms with Gasteiger partial charge < -0.3 is 15.5 Å². The van der Waals surface area contributed by atoms with E-state index in [1.807, 2.05) is 36.4 Å². The fraction of sp³-hybridized carbons (Fsp3) is 0.143. The Kier molecular flexibility index (Phi) is 5.73. The highest BCUT2D eigenvalue weighted by Crippen LogP contribution is 2.26. The van der Waals surface area contributed by atoms with E-state index in [-0.39, 0.29) is 29.4 Å². The summed E-state index contributed by atoms with van der Waals surface area (Å²) in [5.74, 6) is -0.684.